The Bertz CT molecular complexity index is 892. The molecule has 4 heteroatoms. The fourth-order valence-electron chi connectivity index (χ4n) is 2.48. The minimum atomic E-state index is -0.134. The van der Waals surface area contributed by atoms with Gasteiger partial charge in [-0.1, -0.05) is 36.4 Å². The van der Waals surface area contributed by atoms with Gasteiger partial charge >= 0.3 is 0 Å². The van der Waals surface area contributed by atoms with Crippen molar-refractivity contribution >= 4 is 28.8 Å². The molecule has 23 heavy (non-hydrogen) atoms. The number of nitrogens with zero attached hydrogens (tertiary/aromatic N) is 1. The normalized spacial score (nSPS) is 11.0. The number of hydrogen-bond donors (Lipinski definition) is 1. The van der Waals surface area contributed by atoms with Crippen molar-refractivity contribution < 1.29 is 9.59 Å². The maximum atomic E-state index is 12.7. The van der Waals surface area contributed by atoms with Crippen LogP contribution in [-0.2, 0) is 4.79 Å². The standard InChI is InChI=1S/C19H16N2O2/c1-14(22)20-12-11-16-13-21(18-10-6-5-9-17(16)18)19(23)15-7-3-2-4-8-15/h2-13H,1H3,(H,20,22)/b12-11+. The number of hydrogen-bond acceptors (Lipinski definition) is 2. The molecule has 0 spiro atoms. The van der Waals surface area contributed by atoms with E-state index in [0.717, 1.165) is 16.5 Å². The molecule has 0 radical (unpaired) electrons. The molecule has 1 aromatic heterocycles. The largest absolute Gasteiger partial charge is 0.333 e. The number of para-hydroxylation sites is 1. The number of rotatable bonds is 3. The van der Waals surface area contributed by atoms with Gasteiger partial charge in [-0.15, -0.1) is 0 Å². The number of benzene rings is 2. The van der Waals surface area contributed by atoms with Crippen LogP contribution in [0.4, 0.5) is 0 Å². The van der Waals surface area contributed by atoms with E-state index in [1.54, 1.807) is 35.2 Å². The van der Waals surface area contributed by atoms with Gasteiger partial charge < -0.3 is 5.32 Å². The summed E-state index contributed by atoms with van der Waals surface area (Å²) in [6.45, 7) is 1.45. The molecular weight excluding hydrogens is 288 g/mol. The summed E-state index contributed by atoms with van der Waals surface area (Å²) in [7, 11) is 0. The minimum absolute atomic E-state index is 0.0824. The zero-order valence-corrected chi connectivity index (χ0v) is 12.7. The van der Waals surface area contributed by atoms with Gasteiger partial charge in [0.05, 0.1) is 5.52 Å². The van der Waals surface area contributed by atoms with Crippen LogP contribution in [0.15, 0.2) is 67.0 Å². The van der Waals surface area contributed by atoms with Crippen LogP contribution in [0.2, 0.25) is 0 Å². The molecule has 2 aromatic carbocycles. The molecule has 1 N–H and O–H groups in total. The number of aromatic nitrogens is 1. The van der Waals surface area contributed by atoms with Crippen molar-refractivity contribution in [3.8, 4) is 0 Å². The van der Waals surface area contributed by atoms with Gasteiger partial charge in [0.1, 0.15) is 0 Å². The molecule has 0 unspecified atom stereocenters. The van der Waals surface area contributed by atoms with Crippen LogP contribution >= 0.6 is 0 Å². The van der Waals surface area contributed by atoms with Gasteiger partial charge in [0, 0.05) is 35.8 Å². The fourth-order valence-corrected chi connectivity index (χ4v) is 2.48. The first-order valence-corrected chi connectivity index (χ1v) is 7.30. The summed E-state index contributed by atoms with van der Waals surface area (Å²) in [6.07, 6.45) is 5.16. The lowest BCUT2D eigenvalue weighted by Crippen LogP contribution is -2.11. The molecule has 0 saturated carbocycles. The molecule has 3 rings (SSSR count). The van der Waals surface area contributed by atoms with E-state index in [9.17, 15) is 9.59 Å². The third-order valence-electron chi connectivity index (χ3n) is 3.53. The monoisotopic (exact) mass is 304 g/mol. The summed E-state index contributed by atoms with van der Waals surface area (Å²) in [6, 6.07) is 16.9. The van der Waals surface area contributed by atoms with Crippen molar-refractivity contribution in [3.05, 3.63) is 78.1 Å². The fraction of sp³-hybridized carbons (Fsp3) is 0.0526. The van der Waals surface area contributed by atoms with E-state index in [1.807, 2.05) is 42.5 Å². The zero-order chi connectivity index (χ0) is 16.2. The molecular formula is C19H16N2O2. The quantitative estimate of drug-likeness (QED) is 0.806. The van der Waals surface area contributed by atoms with Gasteiger partial charge in [-0.3, -0.25) is 14.2 Å². The average molecular weight is 304 g/mol. The van der Waals surface area contributed by atoms with E-state index in [0.29, 0.717) is 5.56 Å². The van der Waals surface area contributed by atoms with Crippen molar-refractivity contribution in [1.82, 2.24) is 9.88 Å². The highest BCUT2D eigenvalue weighted by molar-refractivity contribution is 6.04. The SMILES string of the molecule is CC(=O)N/C=C/c1cn(C(=O)c2ccccc2)c2ccccc12. The van der Waals surface area contributed by atoms with E-state index in [4.69, 9.17) is 0 Å². The third-order valence-corrected chi connectivity index (χ3v) is 3.53. The van der Waals surface area contributed by atoms with Gasteiger partial charge in [-0.25, -0.2) is 0 Å². The Morgan fingerprint density at radius 2 is 1.70 bits per heavy atom. The Balaban J connectivity index is 2.06. The number of fused-ring (bicyclic) bond motifs is 1. The second kappa shape index (κ2) is 6.32. The summed E-state index contributed by atoms with van der Waals surface area (Å²) < 4.78 is 1.64. The Kier molecular flexibility index (Phi) is 4.06. The molecule has 0 atom stereocenters. The average Bonchev–Trinajstić information content (AvgIpc) is 2.94. The molecule has 114 valence electrons. The minimum Gasteiger partial charge on any atom is -0.333 e. The summed E-state index contributed by atoms with van der Waals surface area (Å²) in [5.74, 6) is -0.216. The maximum absolute atomic E-state index is 12.7. The molecule has 4 nitrogen and oxygen atoms in total. The van der Waals surface area contributed by atoms with E-state index in [-0.39, 0.29) is 11.8 Å². The van der Waals surface area contributed by atoms with Crippen LogP contribution in [0.3, 0.4) is 0 Å². The highest BCUT2D eigenvalue weighted by Crippen LogP contribution is 2.23. The second-order valence-corrected chi connectivity index (χ2v) is 5.18. The van der Waals surface area contributed by atoms with Crippen LogP contribution in [0.1, 0.15) is 22.8 Å². The van der Waals surface area contributed by atoms with Crippen LogP contribution < -0.4 is 5.32 Å². The summed E-state index contributed by atoms with van der Waals surface area (Å²) >= 11 is 0. The molecule has 0 aliphatic heterocycles. The third kappa shape index (κ3) is 3.06. The van der Waals surface area contributed by atoms with E-state index in [2.05, 4.69) is 5.32 Å². The van der Waals surface area contributed by atoms with Crippen molar-refractivity contribution in [2.75, 3.05) is 0 Å². The first-order chi connectivity index (χ1) is 11.2. The molecule has 1 heterocycles. The van der Waals surface area contributed by atoms with Crippen LogP contribution in [-0.4, -0.2) is 16.4 Å². The zero-order valence-electron chi connectivity index (χ0n) is 12.7. The van der Waals surface area contributed by atoms with E-state index >= 15 is 0 Å². The molecule has 0 aliphatic rings. The van der Waals surface area contributed by atoms with Crippen molar-refractivity contribution in [1.29, 1.82) is 0 Å². The van der Waals surface area contributed by atoms with Crippen LogP contribution in [0.25, 0.3) is 17.0 Å². The van der Waals surface area contributed by atoms with Gasteiger partial charge in [0.25, 0.3) is 5.91 Å². The van der Waals surface area contributed by atoms with Gasteiger partial charge in [-0.2, -0.15) is 0 Å². The topological polar surface area (TPSA) is 51.1 Å². The molecule has 0 bridgehead atoms. The number of amides is 1. The number of nitrogens with one attached hydrogen (secondary N) is 1. The summed E-state index contributed by atoms with van der Waals surface area (Å²) in [5, 5.41) is 3.57. The van der Waals surface area contributed by atoms with Crippen LogP contribution in [0, 0.1) is 0 Å². The highest BCUT2D eigenvalue weighted by Gasteiger charge is 2.13. The van der Waals surface area contributed by atoms with Gasteiger partial charge in [0.15, 0.2) is 0 Å². The highest BCUT2D eigenvalue weighted by atomic mass is 16.2. The Hall–Kier alpha value is -3.14. The number of carbonyl (C=O) groups excluding carboxylic acids is 2. The van der Waals surface area contributed by atoms with Crippen molar-refractivity contribution in [2.24, 2.45) is 0 Å². The lowest BCUT2D eigenvalue weighted by Gasteiger charge is -2.03. The maximum Gasteiger partial charge on any atom is 0.262 e. The molecule has 0 aliphatic carbocycles. The van der Waals surface area contributed by atoms with Crippen molar-refractivity contribution in [3.63, 3.8) is 0 Å². The van der Waals surface area contributed by atoms with Crippen LogP contribution in [0.5, 0.6) is 0 Å². The first kappa shape index (κ1) is 14.8. The smallest absolute Gasteiger partial charge is 0.262 e. The van der Waals surface area contributed by atoms with E-state index in [1.165, 1.54) is 6.92 Å². The number of carbonyl (C=O) groups is 2. The molecule has 1 amide bonds. The molecule has 0 saturated heterocycles. The van der Waals surface area contributed by atoms with E-state index < -0.39 is 0 Å². The predicted molar refractivity (Wildman–Crippen MR) is 91.0 cm³/mol. The Morgan fingerprint density at radius 1 is 1.00 bits per heavy atom. The predicted octanol–water partition coefficient (Wildman–Crippen LogP) is 3.44. The Labute approximate surface area is 134 Å². The first-order valence-electron chi connectivity index (χ1n) is 7.30. The van der Waals surface area contributed by atoms with Gasteiger partial charge in [0.2, 0.25) is 5.91 Å². The Morgan fingerprint density at radius 3 is 2.43 bits per heavy atom. The van der Waals surface area contributed by atoms with Crippen molar-refractivity contribution in [2.45, 2.75) is 6.92 Å². The second-order valence-electron chi connectivity index (χ2n) is 5.18. The molecule has 3 aromatic rings. The lowest BCUT2D eigenvalue weighted by molar-refractivity contribution is -0.118. The summed E-state index contributed by atoms with van der Waals surface area (Å²) in [4.78, 5) is 23.7. The summed E-state index contributed by atoms with van der Waals surface area (Å²) in [5.41, 5.74) is 2.34. The lowest BCUT2D eigenvalue weighted by atomic mass is 10.2. The molecule has 0 fully saturated rings. The van der Waals surface area contributed by atoms with Gasteiger partial charge in [-0.05, 0) is 24.3 Å².